The Morgan fingerprint density at radius 1 is 1.09 bits per heavy atom. The predicted octanol–water partition coefficient (Wildman–Crippen LogP) is 4.67. The molecule has 9 heteroatoms. The number of rotatable bonds is 8. The van der Waals surface area contributed by atoms with Crippen LogP contribution in [0.5, 0.6) is 11.5 Å². The Hall–Kier alpha value is -3.62. The van der Waals surface area contributed by atoms with Crippen LogP contribution in [-0.2, 0) is 6.61 Å². The van der Waals surface area contributed by atoms with Gasteiger partial charge in [-0.3, -0.25) is 9.88 Å². The van der Waals surface area contributed by atoms with Crippen molar-refractivity contribution in [3.05, 3.63) is 71.8 Å². The number of pyridine rings is 1. The summed E-state index contributed by atoms with van der Waals surface area (Å²) in [5, 5.41) is 4.58. The fourth-order valence-corrected chi connectivity index (χ4v) is 3.99. The minimum atomic E-state index is 0.338. The van der Waals surface area contributed by atoms with Gasteiger partial charge in [0, 0.05) is 29.4 Å². The summed E-state index contributed by atoms with van der Waals surface area (Å²) in [7, 11) is 2.10. The highest BCUT2D eigenvalue weighted by molar-refractivity contribution is 6.32. The lowest BCUT2D eigenvalue weighted by Gasteiger charge is -2.37. The topological polar surface area (TPSA) is 98.4 Å². The molecule has 1 unspecified atom stereocenters. The molecule has 4 aromatic rings. The fraction of sp³-hybridized carbons (Fsp3) is 0.240. The first kappa shape index (κ1) is 22.2. The average molecular weight is 477 g/mol. The van der Waals surface area contributed by atoms with Crippen molar-refractivity contribution in [2.45, 2.75) is 19.1 Å². The first-order valence-electron chi connectivity index (χ1n) is 11.0. The van der Waals surface area contributed by atoms with E-state index in [9.17, 15) is 0 Å². The second kappa shape index (κ2) is 9.70. The molecule has 1 aliphatic rings. The Morgan fingerprint density at radius 3 is 2.74 bits per heavy atom. The van der Waals surface area contributed by atoms with Crippen molar-refractivity contribution >= 4 is 39.7 Å². The summed E-state index contributed by atoms with van der Waals surface area (Å²) in [4.78, 5) is 15.3. The molecule has 34 heavy (non-hydrogen) atoms. The molecule has 0 saturated carbocycles. The molecule has 2 aromatic carbocycles. The minimum absolute atomic E-state index is 0.338. The maximum Gasteiger partial charge on any atom is 0.144 e. The highest BCUT2D eigenvalue weighted by Gasteiger charge is 2.24. The Labute approximate surface area is 202 Å². The van der Waals surface area contributed by atoms with Crippen LogP contribution in [0, 0.1) is 0 Å². The molecule has 3 N–H and O–H groups in total. The molecule has 0 spiro atoms. The number of nitrogens with one attached hydrogen (secondary N) is 1. The number of aromatic nitrogens is 3. The molecular weight excluding hydrogens is 452 g/mol. The van der Waals surface area contributed by atoms with Gasteiger partial charge >= 0.3 is 0 Å². The van der Waals surface area contributed by atoms with Crippen LogP contribution in [0.3, 0.4) is 0 Å². The third kappa shape index (κ3) is 4.83. The Kier molecular flexibility index (Phi) is 6.33. The van der Waals surface area contributed by atoms with Gasteiger partial charge in [0.2, 0.25) is 0 Å². The lowest BCUT2D eigenvalue weighted by Crippen LogP contribution is -2.48. The van der Waals surface area contributed by atoms with Crippen molar-refractivity contribution in [1.29, 1.82) is 0 Å². The average Bonchev–Trinajstić information content (AvgIpc) is 2.84. The quantitative estimate of drug-likeness (QED) is 0.354. The van der Waals surface area contributed by atoms with E-state index >= 15 is 0 Å². The summed E-state index contributed by atoms with van der Waals surface area (Å²) in [6, 6.07) is 15.3. The molecule has 0 radical (unpaired) electrons. The number of likely N-dealkylation sites (N-methyl/N-ethyl adjacent to an activating group) is 1. The van der Waals surface area contributed by atoms with Gasteiger partial charge in [-0.15, -0.1) is 0 Å². The first-order valence-corrected chi connectivity index (χ1v) is 11.4. The first-order chi connectivity index (χ1) is 16.6. The molecule has 1 fully saturated rings. The number of halogens is 1. The van der Waals surface area contributed by atoms with Crippen molar-refractivity contribution in [3.8, 4) is 11.5 Å². The van der Waals surface area contributed by atoms with Crippen molar-refractivity contribution in [2.24, 2.45) is 0 Å². The van der Waals surface area contributed by atoms with E-state index in [4.69, 9.17) is 26.8 Å². The summed E-state index contributed by atoms with van der Waals surface area (Å²) in [5.41, 5.74) is 9.17. The predicted molar refractivity (Wildman–Crippen MR) is 134 cm³/mol. The van der Waals surface area contributed by atoms with Crippen LogP contribution in [-0.4, -0.2) is 46.1 Å². The van der Waals surface area contributed by atoms with Crippen LogP contribution in [0.4, 0.5) is 17.2 Å². The SMILES string of the molecule is CN1CCC1COc1cc2ncnc(Nc3ccc(OCc4ccccn4)c(Cl)c3)c2cc1N. The number of anilines is 3. The lowest BCUT2D eigenvalue weighted by molar-refractivity contribution is 0.0772. The number of likely N-dealkylation sites (tertiary alicyclic amines) is 1. The number of fused-ring (bicyclic) bond motifs is 1. The molecule has 8 nitrogen and oxygen atoms in total. The molecule has 1 aliphatic heterocycles. The Balaban J connectivity index is 1.31. The Bertz CT molecular complexity index is 1300. The third-order valence-electron chi connectivity index (χ3n) is 5.93. The standard InChI is InChI=1S/C25H25ClN6O2/c1-32-9-7-18(32)14-34-24-12-22-19(11-21(24)27)25(30-15-29-22)31-16-5-6-23(20(26)10-16)33-13-17-4-2-3-8-28-17/h2-6,8,10-12,15,18H,7,9,13-14,27H2,1H3,(H,29,30,31). The zero-order valence-electron chi connectivity index (χ0n) is 18.7. The summed E-state index contributed by atoms with van der Waals surface area (Å²) in [6.07, 6.45) is 4.38. The molecule has 174 valence electrons. The van der Waals surface area contributed by atoms with Crippen molar-refractivity contribution in [3.63, 3.8) is 0 Å². The summed E-state index contributed by atoms with van der Waals surface area (Å²) < 4.78 is 11.8. The highest BCUT2D eigenvalue weighted by Crippen LogP contribution is 2.34. The molecule has 0 amide bonds. The number of nitrogen functional groups attached to an aromatic ring is 1. The van der Waals surface area contributed by atoms with Gasteiger partial charge in [0.25, 0.3) is 0 Å². The number of nitrogens with two attached hydrogens (primary N) is 1. The van der Waals surface area contributed by atoms with Gasteiger partial charge in [-0.25, -0.2) is 9.97 Å². The van der Waals surface area contributed by atoms with E-state index in [1.807, 2.05) is 42.5 Å². The monoisotopic (exact) mass is 476 g/mol. The van der Waals surface area contributed by atoms with E-state index in [-0.39, 0.29) is 0 Å². The van der Waals surface area contributed by atoms with Crippen LogP contribution in [0.1, 0.15) is 12.1 Å². The normalized spacial score (nSPS) is 15.6. The minimum Gasteiger partial charge on any atom is -0.490 e. The molecule has 3 heterocycles. The molecule has 5 rings (SSSR count). The van der Waals surface area contributed by atoms with Gasteiger partial charge in [0.15, 0.2) is 0 Å². The van der Waals surface area contributed by atoms with Crippen LogP contribution < -0.4 is 20.5 Å². The number of hydrogen-bond donors (Lipinski definition) is 2. The number of nitrogens with zero attached hydrogens (tertiary/aromatic N) is 4. The van der Waals surface area contributed by atoms with Crippen LogP contribution >= 0.6 is 11.6 Å². The van der Waals surface area contributed by atoms with Gasteiger partial charge in [-0.2, -0.15) is 0 Å². The van der Waals surface area contributed by atoms with Gasteiger partial charge in [-0.05, 0) is 56.4 Å². The zero-order chi connectivity index (χ0) is 23.5. The van der Waals surface area contributed by atoms with Crippen molar-refractivity contribution < 1.29 is 9.47 Å². The fourth-order valence-electron chi connectivity index (χ4n) is 3.76. The molecule has 1 saturated heterocycles. The molecule has 1 atom stereocenters. The third-order valence-corrected chi connectivity index (χ3v) is 6.23. The van der Waals surface area contributed by atoms with Crippen molar-refractivity contribution in [2.75, 3.05) is 31.2 Å². The van der Waals surface area contributed by atoms with E-state index in [1.165, 1.54) is 6.33 Å². The number of benzene rings is 2. The van der Waals surface area contributed by atoms with Crippen LogP contribution in [0.15, 0.2) is 61.1 Å². The van der Waals surface area contributed by atoms with E-state index in [0.717, 1.165) is 35.2 Å². The van der Waals surface area contributed by atoms with Gasteiger partial charge in [0.1, 0.15) is 36.9 Å². The maximum atomic E-state index is 6.46. The van der Waals surface area contributed by atoms with E-state index in [1.54, 1.807) is 12.3 Å². The summed E-state index contributed by atoms with van der Waals surface area (Å²) in [6.45, 7) is 2.05. The van der Waals surface area contributed by atoms with E-state index in [0.29, 0.717) is 47.3 Å². The van der Waals surface area contributed by atoms with Crippen LogP contribution in [0.2, 0.25) is 5.02 Å². The maximum absolute atomic E-state index is 6.46. The second-order valence-electron chi connectivity index (χ2n) is 8.24. The van der Waals surface area contributed by atoms with Gasteiger partial charge in [-0.1, -0.05) is 17.7 Å². The number of hydrogen-bond acceptors (Lipinski definition) is 8. The van der Waals surface area contributed by atoms with Gasteiger partial charge in [0.05, 0.1) is 21.9 Å². The molecule has 2 aromatic heterocycles. The highest BCUT2D eigenvalue weighted by atomic mass is 35.5. The largest absolute Gasteiger partial charge is 0.490 e. The lowest BCUT2D eigenvalue weighted by atomic mass is 10.1. The number of ether oxygens (including phenoxy) is 2. The van der Waals surface area contributed by atoms with Crippen LogP contribution in [0.25, 0.3) is 10.9 Å². The molecular formula is C25H25ClN6O2. The smallest absolute Gasteiger partial charge is 0.144 e. The Morgan fingerprint density at radius 2 is 2.00 bits per heavy atom. The second-order valence-corrected chi connectivity index (χ2v) is 8.65. The van der Waals surface area contributed by atoms with Gasteiger partial charge < -0.3 is 20.5 Å². The van der Waals surface area contributed by atoms with E-state index < -0.39 is 0 Å². The summed E-state index contributed by atoms with van der Waals surface area (Å²) >= 11 is 6.46. The van der Waals surface area contributed by atoms with Crippen molar-refractivity contribution in [1.82, 2.24) is 19.9 Å². The molecule has 0 bridgehead atoms. The van der Waals surface area contributed by atoms with E-state index in [2.05, 4.69) is 32.2 Å². The summed E-state index contributed by atoms with van der Waals surface area (Å²) in [5.74, 6) is 1.84. The molecule has 0 aliphatic carbocycles. The zero-order valence-corrected chi connectivity index (χ0v) is 19.5.